The molecule has 0 radical (unpaired) electrons. The van der Waals surface area contributed by atoms with E-state index in [2.05, 4.69) is 18.2 Å². The molecule has 0 spiro atoms. The third kappa shape index (κ3) is 2.80. The molecule has 0 saturated heterocycles. The molecule has 1 heterocycles. The van der Waals surface area contributed by atoms with E-state index in [4.69, 9.17) is 11.6 Å². The van der Waals surface area contributed by atoms with Gasteiger partial charge in [0.05, 0.1) is 5.38 Å². The molecule has 62 valence electrons. The van der Waals surface area contributed by atoms with E-state index in [0.29, 0.717) is 5.92 Å². The highest BCUT2D eigenvalue weighted by molar-refractivity contribution is 7.06. The van der Waals surface area contributed by atoms with E-state index in [0.717, 1.165) is 6.42 Å². The van der Waals surface area contributed by atoms with Crippen molar-refractivity contribution in [2.45, 2.75) is 25.6 Å². The van der Waals surface area contributed by atoms with Gasteiger partial charge in [0.25, 0.3) is 0 Å². The quantitative estimate of drug-likeness (QED) is 0.664. The van der Waals surface area contributed by atoms with Crippen LogP contribution in [0.15, 0.2) is 12.3 Å². The Bertz CT molecular complexity index is 196. The minimum atomic E-state index is 0.155. The lowest BCUT2D eigenvalue weighted by molar-refractivity contribution is 0.578. The molecule has 0 fully saturated rings. The van der Waals surface area contributed by atoms with Gasteiger partial charge in [0.2, 0.25) is 0 Å². The number of rotatable bonds is 3. The summed E-state index contributed by atoms with van der Waals surface area (Å²) in [5, 5.41) is 0.155. The van der Waals surface area contributed by atoms with Crippen molar-refractivity contribution in [3.05, 3.63) is 17.1 Å². The van der Waals surface area contributed by atoms with E-state index in [1.165, 1.54) is 16.4 Å². The van der Waals surface area contributed by atoms with E-state index in [1.807, 2.05) is 6.07 Å². The molecule has 0 aromatic carbocycles. The Kier molecular flexibility index (Phi) is 3.34. The standard InChI is InChI=1S/C8H12ClNS/c1-6(2)5-7(9)8-3-4-10-11-8/h3-4,6-7H,5H2,1-2H3. The number of alkyl halides is 1. The summed E-state index contributed by atoms with van der Waals surface area (Å²) in [5.41, 5.74) is 0. The Balaban J connectivity index is 2.49. The van der Waals surface area contributed by atoms with Crippen molar-refractivity contribution in [1.29, 1.82) is 0 Å². The first kappa shape index (κ1) is 9.01. The van der Waals surface area contributed by atoms with E-state index >= 15 is 0 Å². The zero-order valence-corrected chi connectivity index (χ0v) is 8.32. The van der Waals surface area contributed by atoms with Crippen LogP contribution in [0.5, 0.6) is 0 Å². The summed E-state index contributed by atoms with van der Waals surface area (Å²) in [7, 11) is 0. The molecule has 1 atom stereocenters. The molecule has 0 amide bonds. The molecular weight excluding hydrogens is 178 g/mol. The summed E-state index contributed by atoms with van der Waals surface area (Å²) in [6.45, 7) is 4.35. The smallest absolute Gasteiger partial charge is 0.0696 e. The monoisotopic (exact) mass is 189 g/mol. The SMILES string of the molecule is CC(C)CC(Cl)c1ccns1. The average Bonchev–Trinajstić information content (AvgIpc) is 2.35. The predicted molar refractivity (Wildman–Crippen MR) is 50.2 cm³/mol. The Morgan fingerprint density at radius 1 is 1.64 bits per heavy atom. The van der Waals surface area contributed by atoms with Gasteiger partial charge in [-0.3, -0.25) is 0 Å². The molecule has 0 aliphatic carbocycles. The summed E-state index contributed by atoms with van der Waals surface area (Å²) in [4.78, 5) is 1.18. The van der Waals surface area contributed by atoms with Crippen LogP contribution >= 0.6 is 23.1 Å². The van der Waals surface area contributed by atoms with Gasteiger partial charge in [-0.2, -0.15) is 0 Å². The van der Waals surface area contributed by atoms with Crippen LogP contribution in [0, 0.1) is 5.92 Å². The second kappa shape index (κ2) is 4.07. The van der Waals surface area contributed by atoms with Crippen LogP contribution in [0.1, 0.15) is 30.5 Å². The summed E-state index contributed by atoms with van der Waals surface area (Å²) in [6, 6.07) is 1.99. The van der Waals surface area contributed by atoms with Crippen LogP contribution in [-0.4, -0.2) is 4.37 Å². The fraction of sp³-hybridized carbons (Fsp3) is 0.625. The number of hydrogen-bond donors (Lipinski definition) is 0. The molecule has 1 rings (SSSR count). The molecular formula is C8H12ClNS. The third-order valence-corrected chi connectivity index (χ3v) is 2.85. The molecule has 1 aromatic rings. The number of halogens is 1. The largest absolute Gasteiger partial charge is 0.201 e. The summed E-state index contributed by atoms with van der Waals surface area (Å²) < 4.78 is 4.01. The van der Waals surface area contributed by atoms with Crippen LogP contribution in [0.3, 0.4) is 0 Å². The average molecular weight is 190 g/mol. The Morgan fingerprint density at radius 2 is 2.36 bits per heavy atom. The lowest BCUT2D eigenvalue weighted by Crippen LogP contribution is -1.93. The van der Waals surface area contributed by atoms with Gasteiger partial charge >= 0.3 is 0 Å². The Labute approximate surface area is 76.6 Å². The number of aromatic nitrogens is 1. The molecule has 0 saturated carbocycles. The van der Waals surface area contributed by atoms with Crippen LogP contribution in [0.25, 0.3) is 0 Å². The first-order chi connectivity index (χ1) is 5.20. The Hall–Kier alpha value is -0.0800. The van der Waals surface area contributed by atoms with Crippen molar-refractivity contribution in [2.24, 2.45) is 5.92 Å². The van der Waals surface area contributed by atoms with Gasteiger partial charge in [0, 0.05) is 11.1 Å². The summed E-state index contributed by atoms with van der Waals surface area (Å²) in [5.74, 6) is 0.652. The lowest BCUT2D eigenvalue weighted by Gasteiger charge is -2.08. The second-order valence-corrected chi connectivity index (χ2v) is 4.40. The van der Waals surface area contributed by atoms with Gasteiger partial charge in [0.15, 0.2) is 0 Å². The van der Waals surface area contributed by atoms with Gasteiger partial charge < -0.3 is 0 Å². The molecule has 3 heteroatoms. The lowest BCUT2D eigenvalue weighted by atomic mass is 10.1. The summed E-state index contributed by atoms with van der Waals surface area (Å²) >= 11 is 7.60. The van der Waals surface area contributed by atoms with Crippen molar-refractivity contribution >= 4 is 23.1 Å². The maximum absolute atomic E-state index is 6.11. The number of hydrogen-bond acceptors (Lipinski definition) is 2. The normalized spacial score (nSPS) is 13.8. The minimum Gasteiger partial charge on any atom is -0.201 e. The van der Waals surface area contributed by atoms with Crippen molar-refractivity contribution in [3.63, 3.8) is 0 Å². The van der Waals surface area contributed by atoms with Gasteiger partial charge in [-0.05, 0) is 29.9 Å². The zero-order valence-electron chi connectivity index (χ0n) is 6.75. The molecule has 0 aliphatic rings. The maximum Gasteiger partial charge on any atom is 0.0696 e. The van der Waals surface area contributed by atoms with Crippen molar-refractivity contribution in [3.8, 4) is 0 Å². The minimum absolute atomic E-state index is 0.155. The van der Waals surface area contributed by atoms with Crippen molar-refractivity contribution in [2.75, 3.05) is 0 Å². The van der Waals surface area contributed by atoms with E-state index in [-0.39, 0.29) is 5.38 Å². The van der Waals surface area contributed by atoms with Gasteiger partial charge in [-0.15, -0.1) is 11.6 Å². The first-order valence-corrected chi connectivity index (χ1v) is 4.95. The van der Waals surface area contributed by atoms with E-state index in [1.54, 1.807) is 6.20 Å². The first-order valence-electron chi connectivity index (χ1n) is 3.74. The van der Waals surface area contributed by atoms with Crippen LogP contribution in [0.2, 0.25) is 0 Å². The fourth-order valence-electron chi connectivity index (χ4n) is 0.917. The van der Waals surface area contributed by atoms with Crippen LogP contribution in [-0.2, 0) is 0 Å². The number of nitrogens with zero attached hydrogens (tertiary/aromatic N) is 1. The highest BCUT2D eigenvalue weighted by Gasteiger charge is 2.10. The van der Waals surface area contributed by atoms with Gasteiger partial charge in [-0.25, -0.2) is 4.37 Å². The maximum atomic E-state index is 6.11. The predicted octanol–water partition coefficient (Wildman–Crippen LogP) is 3.47. The molecule has 1 nitrogen and oxygen atoms in total. The van der Waals surface area contributed by atoms with E-state index < -0.39 is 0 Å². The second-order valence-electron chi connectivity index (χ2n) is 3.01. The van der Waals surface area contributed by atoms with E-state index in [9.17, 15) is 0 Å². The highest BCUT2D eigenvalue weighted by atomic mass is 35.5. The molecule has 1 aromatic heterocycles. The van der Waals surface area contributed by atoms with Crippen molar-refractivity contribution < 1.29 is 0 Å². The third-order valence-electron chi connectivity index (χ3n) is 1.44. The topological polar surface area (TPSA) is 12.9 Å². The summed E-state index contributed by atoms with van der Waals surface area (Å²) in [6.07, 6.45) is 2.83. The van der Waals surface area contributed by atoms with Gasteiger partial charge in [-0.1, -0.05) is 13.8 Å². The van der Waals surface area contributed by atoms with Gasteiger partial charge in [0.1, 0.15) is 0 Å². The molecule has 0 aliphatic heterocycles. The molecule has 0 N–H and O–H groups in total. The zero-order chi connectivity index (χ0) is 8.27. The van der Waals surface area contributed by atoms with Crippen molar-refractivity contribution in [1.82, 2.24) is 4.37 Å². The fourth-order valence-corrected chi connectivity index (χ4v) is 2.04. The Morgan fingerprint density at radius 3 is 2.82 bits per heavy atom. The molecule has 1 unspecified atom stereocenters. The highest BCUT2D eigenvalue weighted by Crippen LogP contribution is 2.29. The van der Waals surface area contributed by atoms with Crippen LogP contribution in [0.4, 0.5) is 0 Å². The molecule has 11 heavy (non-hydrogen) atoms. The molecule has 0 bridgehead atoms. The van der Waals surface area contributed by atoms with Crippen LogP contribution < -0.4 is 0 Å².